The Labute approximate surface area is 71.5 Å². The third-order valence-corrected chi connectivity index (χ3v) is 1.64. The van der Waals surface area contributed by atoms with Crippen molar-refractivity contribution in [1.82, 2.24) is 5.32 Å². The molecule has 1 N–H and O–H groups in total. The van der Waals surface area contributed by atoms with Crippen LogP contribution in [0, 0.1) is 0 Å². The van der Waals surface area contributed by atoms with Gasteiger partial charge in [0.25, 0.3) is 0 Å². The monoisotopic (exact) mass is 224 g/mol. The van der Waals surface area contributed by atoms with Gasteiger partial charge in [0.15, 0.2) is 0 Å². The van der Waals surface area contributed by atoms with Crippen LogP contribution in [0.5, 0.6) is 0 Å². The standard InChI is InChI=1S/C6H7BrF2N2/c7-6(8,9)5-1-2-10-3-4-11-5/h1-2,11H,3-4H2. The van der Waals surface area contributed by atoms with Crippen molar-refractivity contribution in [3.05, 3.63) is 11.8 Å². The van der Waals surface area contributed by atoms with Crippen molar-refractivity contribution in [2.24, 2.45) is 4.99 Å². The SMILES string of the molecule is FC(F)(Br)C1=CC=NCCN1. The minimum Gasteiger partial charge on any atom is -0.381 e. The normalized spacial score (nSPS) is 18.6. The van der Waals surface area contributed by atoms with E-state index in [-0.39, 0.29) is 5.70 Å². The van der Waals surface area contributed by atoms with Crippen molar-refractivity contribution in [3.63, 3.8) is 0 Å². The molecular formula is C6H7BrF2N2. The Morgan fingerprint density at radius 3 is 3.00 bits per heavy atom. The summed E-state index contributed by atoms with van der Waals surface area (Å²) >= 11 is 2.25. The molecule has 0 spiro atoms. The predicted octanol–water partition coefficient (Wildman–Crippen LogP) is 1.53. The first-order valence-corrected chi connectivity index (χ1v) is 3.91. The second-order valence-corrected chi connectivity index (χ2v) is 3.06. The molecule has 0 aromatic rings. The fourth-order valence-corrected chi connectivity index (χ4v) is 0.983. The smallest absolute Gasteiger partial charge is 0.340 e. The summed E-state index contributed by atoms with van der Waals surface area (Å²) in [4.78, 5) is 0.848. The molecule has 0 saturated carbocycles. The van der Waals surface area contributed by atoms with Crippen LogP contribution in [0.15, 0.2) is 16.8 Å². The van der Waals surface area contributed by atoms with Crippen molar-refractivity contribution in [1.29, 1.82) is 0 Å². The van der Waals surface area contributed by atoms with Gasteiger partial charge < -0.3 is 5.32 Å². The summed E-state index contributed by atoms with van der Waals surface area (Å²) in [6.07, 6.45) is 2.65. The highest BCUT2D eigenvalue weighted by molar-refractivity contribution is 9.10. The number of hydrogen-bond donors (Lipinski definition) is 1. The van der Waals surface area contributed by atoms with Gasteiger partial charge in [-0.1, -0.05) is 0 Å². The largest absolute Gasteiger partial charge is 0.381 e. The number of nitrogens with zero attached hydrogens (tertiary/aromatic N) is 1. The first-order chi connectivity index (χ1) is 5.11. The van der Waals surface area contributed by atoms with E-state index in [4.69, 9.17) is 0 Å². The molecule has 2 nitrogen and oxygen atoms in total. The zero-order valence-electron chi connectivity index (χ0n) is 5.65. The lowest BCUT2D eigenvalue weighted by Crippen LogP contribution is -2.26. The number of hydrogen-bond acceptors (Lipinski definition) is 2. The lowest BCUT2D eigenvalue weighted by molar-refractivity contribution is 0.148. The highest BCUT2D eigenvalue weighted by atomic mass is 79.9. The number of nitrogens with one attached hydrogen (secondary N) is 1. The maximum atomic E-state index is 12.5. The average molecular weight is 225 g/mol. The molecule has 0 amide bonds. The maximum absolute atomic E-state index is 12.5. The summed E-state index contributed by atoms with van der Waals surface area (Å²) in [7, 11) is 0. The van der Waals surface area contributed by atoms with E-state index in [1.807, 2.05) is 0 Å². The van der Waals surface area contributed by atoms with Gasteiger partial charge in [-0.2, -0.15) is 8.78 Å². The Balaban J connectivity index is 2.71. The van der Waals surface area contributed by atoms with E-state index in [0.717, 1.165) is 0 Å². The van der Waals surface area contributed by atoms with E-state index in [1.54, 1.807) is 0 Å². The summed E-state index contributed by atoms with van der Waals surface area (Å²) in [5.41, 5.74) is -0.140. The van der Waals surface area contributed by atoms with Gasteiger partial charge in [0.1, 0.15) is 0 Å². The van der Waals surface area contributed by atoms with Crippen LogP contribution in [0.3, 0.4) is 0 Å². The molecule has 62 valence electrons. The minimum atomic E-state index is -2.97. The number of rotatable bonds is 1. The lowest BCUT2D eigenvalue weighted by Gasteiger charge is -2.12. The molecule has 0 aromatic carbocycles. The summed E-state index contributed by atoms with van der Waals surface area (Å²) in [6, 6.07) is 0. The Morgan fingerprint density at radius 1 is 1.64 bits per heavy atom. The Hall–Kier alpha value is -0.450. The van der Waals surface area contributed by atoms with Gasteiger partial charge in [-0.25, -0.2) is 0 Å². The molecule has 1 aliphatic rings. The van der Waals surface area contributed by atoms with Crippen LogP contribution in [0.1, 0.15) is 0 Å². The van der Waals surface area contributed by atoms with Gasteiger partial charge in [0, 0.05) is 12.8 Å². The molecule has 0 saturated heterocycles. The molecule has 1 heterocycles. The van der Waals surface area contributed by atoms with Gasteiger partial charge in [0.05, 0.1) is 12.2 Å². The van der Waals surface area contributed by atoms with E-state index in [1.165, 1.54) is 12.3 Å². The lowest BCUT2D eigenvalue weighted by atomic mass is 10.4. The van der Waals surface area contributed by atoms with E-state index in [0.29, 0.717) is 13.1 Å². The molecule has 0 radical (unpaired) electrons. The summed E-state index contributed by atoms with van der Waals surface area (Å²) in [5.74, 6) is 0. The van der Waals surface area contributed by atoms with E-state index in [9.17, 15) is 8.78 Å². The molecular weight excluding hydrogens is 218 g/mol. The minimum absolute atomic E-state index is 0.140. The Kier molecular flexibility index (Phi) is 2.59. The van der Waals surface area contributed by atoms with Gasteiger partial charge in [-0.3, -0.25) is 4.99 Å². The molecule has 0 aliphatic carbocycles. The first kappa shape index (κ1) is 8.64. The first-order valence-electron chi connectivity index (χ1n) is 3.12. The van der Waals surface area contributed by atoms with Crippen LogP contribution < -0.4 is 5.32 Å². The van der Waals surface area contributed by atoms with E-state index < -0.39 is 4.83 Å². The van der Waals surface area contributed by atoms with Crippen molar-refractivity contribution < 1.29 is 8.78 Å². The molecule has 5 heteroatoms. The van der Waals surface area contributed by atoms with Crippen molar-refractivity contribution in [2.45, 2.75) is 4.83 Å². The van der Waals surface area contributed by atoms with E-state index >= 15 is 0 Å². The molecule has 0 bridgehead atoms. The van der Waals surface area contributed by atoms with E-state index in [2.05, 4.69) is 26.2 Å². The van der Waals surface area contributed by atoms with Crippen molar-refractivity contribution >= 4 is 22.1 Å². The van der Waals surface area contributed by atoms with Crippen LogP contribution in [0.2, 0.25) is 0 Å². The van der Waals surface area contributed by atoms with Crippen LogP contribution in [0.25, 0.3) is 0 Å². The quantitative estimate of drug-likeness (QED) is 0.672. The number of aliphatic imine (C=N–C) groups is 1. The summed E-state index contributed by atoms with van der Waals surface area (Å²) < 4.78 is 25.0. The molecule has 1 aliphatic heterocycles. The Bertz CT molecular complexity index is 195. The summed E-state index contributed by atoms with van der Waals surface area (Å²) in [5, 5.41) is 2.56. The van der Waals surface area contributed by atoms with Crippen LogP contribution in [0.4, 0.5) is 8.78 Å². The Morgan fingerprint density at radius 2 is 2.36 bits per heavy atom. The number of alkyl halides is 3. The van der Waals surface area contributed by atoms with Crippen LogP contribution in [-0.2, 0) is 0 Å². The van der Waals surface area contributed by atoms with Crippen molar-refractivity contribution in [2.75, 3.05) is 13.1 Å². The predicted molar refractivity (Wildman–Crippen MR) is 43.3 cm³/mol. The maximum Gasteiger partial charge on any atom is 0.340 e. The zero-order chi connectivity index (χ0) is 8.32. The molecule has 0 atom stereocenters. The zero-order valence-corrected chi connectivity index (χ0v) is 7.24. The molecule has 0 aromatic heterocycles. The highest BCUT2D eigenvalue weighted by Crippen LogP contribution is 2.28. The second kappa shape index (κ2) is 3.30. The van der Waals surface area contributed by atoms with Crippen molar-refractivity contribution in [3.8, 4) is 0 Å². The van der Waals surface area contributed by atoms with Gasteiger partial charge >= 0.3 is 4.83 Å². The molecule has 1 rings (SSSR count). The molecule has 0 unspecified atom stereocenters. The van der Waals surface area contributed by atoms with Crippen LogP contribution >= 0.6 is 15.9 Å². The fraction of sp³-hybridized carbons (Fsp3) is 0.500. The third-order valence-electron chi connectivity index (χ3n) is 1.21. The second-order valence-electron chi connectivity index (χ2n) is 2.06. The fourth-order valence-electron chi connectivity index (χ4n) is 0.711. The molecule has 11 heavy (non-hydrogen) atoms. The van der Waals surface area contributed by atoms with Gasteiger partial charge in [0.2, 0.25) is 0 Å². The summed E-state index contributed by atoms with van der Waals surface area (Å²) in [6.45, 7) is 0.979. The average Bonchev–Trinajstić information content (AvgIpc) is 2.10. The van der Waals surface area contributed by atoms with Crippen LogP contribution in [-0.4, -0.2) is 24.1 Å². The topological polar surface area (TPSA) is 24.4 Å². The number of halogens is 3. The van der Waals surface area contributed by atoms with Gasteiger partial charge in [-0.05, 0) is 22.0 Å². The highest BCUT2D eigenvalue weighted by Gasteiger charge is 2.29. The number of allylic oxidation sites excluding steroid dienone is 2. The molecule has 0 fully saturated rings. The third kappa shape index (κ3) is 2.57. The van der Waals surface area contributed by atoms with Gasteiger partial charge in [-0.15, -0.1) is 0 Å².